The van der Waals surface area contributed by atoms with Crippen molar-refractivity contribution in [2.75, 3.05) is 16.4 Å². The van der Waals surface area contributed by atoms with Crippen LogP contribution in [0.15, 0.2) is 59.4 Å². The summed E-state index contributed by atoms with van der Waals surface area (Å²) in [6, 6.07) is 13.3. The average molecular weight is 447 g/mol. The molecule has 9 heteroatoms. The van der Waals surface area contributed by atoms with Crippen LogP contribution in [0.1, 0.15) is 21.6 Å². The minimum atomic E-state index is -0.458. The fourth-order valence-corrected chi connectivity index (χ4v) is 3.94. The maximum absolute atomic E-state index is 12.7. The number of nitrogens with two attached hydrogens (primary N) is 1. The van der Waals surface area contributed by atoms with E-state index in [2.05, 4.69) is 20.9 Å². The molecule has 2 aromatic heterocycles. The maximum atomic E-state index is 12.7. The van der Waals surface area contributed by atoms with Crippen LogP contribution in [-0.4, -0.2) is 26.8 Å². The van der Waals surface area contributed by atoms with E-state index in [-0.39, 0.29) is 18.1 Å². The van der Waals surface area contributed by atoms with Gasteiger partial charge in [-0.15, -0.1) is 5.10 Å². The minimum Gasteiger partial charge on any atom is -0.397 e. The largest absolute Gasteiger partial charge is 0.397 e. The fourth-order valence-electron chi connectivity index (χ4n) is 3.28. The van der Waals surface area contributed by atoms with Crippen molar-refractivity contribution < 1.29 is 9.59 Å². The molecular weight excluding hydrogens is 424 g/mol. The first-order valence-electron chi connectivity index (χ1n) is 9.90. The van der Waals surface area contributed by atoms with Crippen molar-refractivity contribution in [3.63, 3.8) is 0 Å². The molecule has 2 amide bonds. The number of nitrogens with one attached hydrogen (secondary N) is 2. The first-order valence-corrected chi connectivity index (χ1v) is 10.8. The Morgan fingerprint density at radius 2 is 1.84 bits per heavy atom. The normalized spacial score (nSPS) is 10.7. The third-order valence-corrected chi connectivity index (χ3v) is 5.66. The van der Waals surface area contributed by atoms with Gasteiger partial charge in [0.1, 0.15) is 6.54 Å². The smallest absolute Gasteiger partial charge is 0.277 e. The first kappa shape index (κ1) is 21.3. The lowest BCUT2D eigenvalue weighted by atomic mass is 10.1. The van der Waals surface area contributed by atoms with Gasteiger partial charge in [0.2, 0.25) is 5.91 Å². The summed E-state index contributed by atoms with van der Waals surface area (Å²) in [5.74, 6) is -0.715. The predicted molar refractivity (Wildman–Crippen MR) is 127 cm³/mol. The second kappa shape index (κ2) is 9.03. The van der Waals surface area contributed by atoms with Gasteiger partial charge in [-0.25, -0.2) is 4.68 Å². The number of thiophene rings is 1. The summed E-state index contributed by atoms with van der Waals surface area (Å²) in [6.07, 6.45) is 1.43. The molecule has 0 unspecified atom stereocenters. The zero-order valence-corrected chi connectivity index (χ0v) is 18.4. The average Bonchev–Trinajstić information content (AvgIpc) is 3.45. The van der Waals surface area contributed by atoms with E-state index in [0.717, 1.165) is 27.9 Å². The number of aromatic nitrogens is 3. The van der Waals surface area contributed by atoms with Crippen molar-refractivity contribution in [1.82, 2.24) is 15.0 Å². The number of carbonyl (C=O) groups is 2. The molecule has 0 fully saturated rings. The Labute approximate surface area is 189 Å². The number of aryl methyl sites for hydroxylation is 2. The number of benzene rings is 2. The highest BCUT2D eigenvalue weighted by molar-refractivity contribution is 7.08. The van der Waals surface area contributed by atoms with Crippen molar-refractivity contribution in [1.29, 1.82) is 0 Å². The number of amides is 2. The van der Waals surface area contributed by atoms with E-state index < -0.39 is 5.91 Å². The van der Waals surface area contributed by atoms with Crippen LogP contribution in [0.5, 0.6) is 0 Å². The molecule has 2 heterocycles. The van der Waals surface area contributed by atoms with Crippen molar-refractivity contribution in [2.45, 2.75) is 20.4 Å². The molecule has 0 atom stereocenters. The molecule has 4 N–H and O–H groups in total. The molecule has 8 nitrogen and oxygen atoms in total. The van der Waals surface area contributed by atoms with Crippen molar-refractivity contribution in [3.05, 3.63) is 76.2 Å². The zero-order chi connectivity index (χ0) is 22.7. The molecule has 0 saturated heterocycles. The molecule has 0 spiro atoms. The van der Waals surface area contributed by atoms with Crippen molar-refractivity contribution in [3.8, 4) is 11.1 Å². The van der Waals surface area contributed by atoms with Crippen LogP contribution in [-0.2, 0) is 11.3 Å². The highest BCUT2D eigenvalue weighted by Crippen LogP contribution is 2.29. The second-order valence-electron chi connectivity index (χ2n) is 7.38. The third kappa shape index (κ3) is 4.68. The van der Waals surface area contributed by atoms with E-state index in [1.54, 1.807) is 17.4 Å². The molecule has 4 rings (SSSR count). The van der Waals surface area contributed by atoms with Crippen LogP contribution >= 0.6 is 11.3 Å². The summed E-state index contributed by atoms with van der Waals surface area (Å²) in [5.41, 5.74) is 11.8. The van der Waals surface area contributed by atoms with Gasteiger partial charge in [0, 0.05) is 5.69 Å². The van der Waals surface area contributed by atoms with Crippen LogP contribution < -0.4 is 16.4 Å². The number of hydrogen-bond donors (Lipinski definition) is 3. The Balaban J connectivity index is 1.43. The molecule has 0 saturated carbocycles. The number of carbonyl (C=O) groups excluding carboxylic acids is 2. The SMILES string of the molecule is Cc1cccc(C)c1NC(=O)Cn1cc(C(=O)Nc2cc(-c3ccsc3)ccc2N)nn1. The summed E-state index contributed by atoms with van der Waals surface area (Å²) >= 11 is 1.59. The number of nitrogen functional groups attached to an aromatic ring is 1. The number of hydrogen-bond acceptors (Lipinski definition) is 6. The van der Waals surface area contributed by atoms with Crippen LogP contribution in [0.25, 0.3) is 11.1 Å². The Kier molecular flexibility index (Phi) is 6.00. The minimum absolute atomic E-state index is 0.0656. The topological polar surface area (TPSA) is 115 Å². The highest BCUT2D eigenvalue weighted by atomic mass is 32.1. The molecule has 162 valence electrons. The predicted octanol–water partition coefficient (Wildman–Crippen LogP) is 4.10. The number of para-hydroxylation sites is 1. The lowest BCUT2D eigenvalue weighted by molar-refractivity contribution is -0.116. The quantitative estimate of drug-likeness (QED) is 0.386. The van der Waals surface area contributed by atoms with E-state index in [1.165, 1.54) is 10.9 Å². The van der Waals surface area contributed by atoms with Crippen molar-refractivity contribution in [2.24, 2.45) is 0 Å². The Morgan fingerprint density at radius 3 is 2.56 bits per heavy atom. The van der Waals surface area contributed by atoms with Gasteiger partial charge in [0.25, 0.3) is 5.91 Å². The van der Waals surface area contributed by atoms with Crippen LogP contribution in [0.3, 0.4) is 0 Å². The first-order chi connectivity index (χ1) is 15.4. The molecule has 0 bridgehead atoms. The highest BCUT2D eigenvalue weighted by Gasteiger charge is 2.15. The Bertz CT molecular complexity index is 1260. The maximum Gasteiger partial charge on any atom is 0.277 e. The van der Waals surface area contributed by atoms with E-state index in [1.807, 2.05) is 61.0 Å². The van der Waals surface area contributed by atoms with Gasteiger partial charge in [-0.05, 0) is 65.1 Å². The number of anilines is 3. The van der Waals surface area contributed by atoms with Gasteiger partial charge in [-0.2, -0.15) is 11.3 Å². The number of nitrogens with zero attached hydrogens (tertiary/aromatic N) is 3. The molecule has 0 aliphatic heterocycles. The lowest BCUT2D eigenvalue weighted by Crippen LogP contribution is -2.20. The monoisotopic (exact) mass is 446 g/mol. The molecular formula is C23H22N6O2S. The van der Waals surface area contributed by atoms with Gasteiger partial charge in [-0.3, -0.25) is 9.59 Å². The molecule has 0 aliphatic carbocycles. The summed E-state index contributed by atoms with van der Waals surface area (Å²) in [7, 11) is 0. The Hall–Kier alpha value is -3.98. The Morgan fingerprint density at radius 1 is 1.06 bits per heavy atom. The summed E-state index contributed by atoms with van der Waals surface area (Å²) in [6.45, 7) is 3.79. The summed E-state index contributed by atoms with van der Waals surface area (Å²) in [5, 5.41) is 17.5. The van der Waals surface area contributed by atoms with Crippen LogP contribution in [0, 0.1) is 13.8 Å². The second-order valence-corrected chi connectivity index (χ2v) is 8.16. The lowest BCUT2D eigenvalue weighted by Gasteiger charge is -2.11. The molecule has 4 aromatic rings. The van der Waals surface area contributed by atoms with Crippen LogP contribution in [0.4, 0.5) is 17.1 Å². The standard InChI is InChI=1S/C23H22N6O2S/c1-14-4-3-5-15(2)22(14)26-21(30)12-29-11-20(27-28-29)23(31)25-19-10-16(6-7-18(19)24)17-8-9-32-13-17/h3-11,13H,12,24H2,1-2H3,(H,25,31)(H,26,30). The van der Waals surface area contributed by atoms with Gasteiger partial charge in [0.05, 0.1) is 17.6 Å². The van der Waals surface area contributed by atoms with Crippen LogP contribution in [0.2, 0.25) is 0 Å². The number of rotatable bonds is 6. The molecule has 0 aliphatic rings. The summed E-state index contributed by atoms with van der Waals surface area (Å²) in [4.78, 5) is 25.1. The van der Waals surface area contributed by atoms with Gasteiger partial charge < -0.3 is 16.4 Å². The molecule has 32 heavy (non-hydrogen) atoms. The van der Waals surface area contributed by atoms with Gasteiger partial charge in [0.15, 0.2) is 5.69 Å². The van der Waals surface area contributed by atoms with E-state index in [9.17, 15) is 9.59 Å². The fraction of sp³-hybridized carbons (Fsp3) is 0.130. The van der Waals surface area contributed by atoms with Crippen molar-refractivity contribution >= 4 is 40.2 Å². The molecule has 0 radical (unpaired) electrons. The molecule has 2 aromatic carbocycles. The van der Waals surface area contributed by atoms with E-state index in [4.69, 9.17) is 5.73 Å². The summed E-state index contributed by atoms with van der Waals surface area (Å²) < 4.78 is 1.32. The third-order valence-electron chi connectivity index (χ3n) is 4.98. The van der Waals surface area contributed by atoms with Gasteiger partial charge >= 0.3 is 0 Å². The zero-order valence-electron chi connectivity index (χ0n) is 17.6. The van der Waals surface area contributed by atoms with Gasteiger partial charge in [-0.1, -0.05) is 29.5 Å². The van der Waals surface area contributed by atoms with E-state index in [0.29, 0.717) is 11.4 Å². The van der Waals surface area contributed by atoms with E-state index >= 15 is 0 Å².